The van der Waals surface area contributed by atoms with Crippen molar-refractivity contribution in [1.82, 2.24) is 0 Å². The summed E-state index contributed by atoms with van der Waals surface area (Å²) in [5.74, 6) is 0. The van der Waals surface area contributed by atoms with Gasteiger partial charge in [-0.05, 0) is 11.8 Å². The molecule has 0 aromatic carbocycles. The smallest absolute Gasteiger partial charge is 0.385 e. The Bertz CT molecular complexity index is 573. The van der Waals surface area contributed by atoms with E-state index in [9.17, 15) is 29.9 Å². The van der Waals surface area contributed by atoms with Crippen molar-refractivity contribution in [2.75, 3.05) is 13.2 Å². The van der Waals surface area contributed by atoms with Crippen LogP contribution in [0.25, 0.3) is 0 Å². The van der Waals surface area contributed by atoms with E-state index >= 15 is 0 Å². The van der Waals surface area contributed by atoms with Gasteiger partial charge in [0.25, 0.3) is 0 Å². The van der Waals surface area contributed by atoms with Gasteiger partial charge in [-0.25, -0.2) is 4.57 Å². The van der Waals surface area contributed by atoms with Gasteiger partial charge in [0.2, 0.25) is 7.57 Å². The molecule has 3 aliphatic rings. The van der Waals surface area contributed by atoms with Crippen LogP contribution in [0.15, 0.2) is 0 Å². The standard InChI is InChI=1S/C10H19BO12P2S/c11-24(26)18-1-3-8(6(13)10(15)20-3)23-25(16,17)19-2-4-7(22-24)5(12)9(14)21-4/h3-10,12-15H,1-2,11H2,(H,16,17). The number of phosphoric acid groups is 1. The Balaban J connectivity index is 1.85. The van der Waals surface area contributed by atoms with E-state index in [1.54, 1.807) is 0 Å². The SMILES string of the molecule is BP1(=S)OCC2OC(O)C(O)C2OP(=O)(O)OCC2OC(O)C(O)C2O1. The maximum atomic E-state index is 12.1. The van der Waals surface area contributed by atoms with E-state index in [1.807, 2.05) is 0 Å². The third-order valence-electron chi connectivity index (χ3n) is 4.06. The molecule has 0 aromatic heterocycles. The predicted molar refractivity (Wildman–Crippen MR) is 88.1 cm³/mol. The zero-order valence-electron chi connectivity index (χ0n) is 13.4. The highest BCUT2D eigenvalue weighted by atomic mass is 32.4. The van der Waals surface area contributed by atoms with Gasteiger partial charge < -0.3 is 43.8 Å². The minimum Gasteiger partial charge on any atom is -0.385 e. The first kappa shape index (κ1) is 21.2. The van der Waals surface area contributed by atoms with Crippen LogP contribution >= 0.6 is 14.2 Å². The molecule has 0 bridgehead atoms. The lowest BCUT2D eigenvalue weighted by Gasteiger charge is -2.30. The first-order valence-electron chi connectivity index (χ1n) is 7.58. The number of aliphatic hydroxyl groups is 4. The Morgan fingerprint density at radius 1 is 0.885 bits per heavy atom. The van der Waals surface area contributed by atoms with E-state index in [0.29, 0.717) is 0 Å². The van der Waals surface area contributed by atoms with E-state index < -0.39 is 70.0 Å². The van der Waals surface area contributed by atoms with Gasteiger partial charge in [0.1, 0.15) is 43.0 Å². The van der Waals surface area contributed by atoms with Crippen LogP contribution < -0.4 is 0 Å². The van der Waals surface area contributed by atoms with E-state index in [1.165, 1.54) is 7.57 Å². The molecule has 16 heteroatoms. The van der Waals surface area contributed by atoms with E-state index in [2.05, 4.69) is 0 Å². The van der Waals surface area contributed by atoms with Crippen LogP contribution in [0.1, 0.15) is 0 Å². The van der Waals surface area contributed by atoms with Gasteiger partial charge in [-0.3, -0.25) is 9.05 Å². The number of hydrogen-bond donors (Lipinski definition) is 5. The van der Waals surface area contributed by atoms with Crippen LogP contribution in [0.5, 0.6) is 0 Å². The summed E-state index contributed by atoms with van der Waals surface area (Å²) < 4.78 is 43.1. The number of fused-ring (bicyclic) bond motifs is 2. The van der Waals surface area contributed by atoms with Crippen molar-refractivity contribution in [1.29, 1.82) is 0 Å². The Morgan fingerprint density at radius 2 is 1.35 bits per heavy atom. The summed E-state index contributed by atoms with van der Waals surface area (Å²) >= 11 is 5.26. The lowest BCUT2D eigenvalue weighted by atomic mass is 10.1. The summed E-state index contributed by atoms with van der Waals surface area (Å²) in [6.07, 6.45) is -14.2. The van der Waals surface area contributed by atoms with Gasteiger partial charge in [0, 0.05) is 0 Å². The fourth-order valence-electron chi connectivity index (χ4n) is 2.78. The van der Waals surface area contributed by atoms with Crippen LogP contribution in [0.3, 0.4) is 0 Å². The molecular formula is C10H19BO12P2S. The molecule has 26 heavy (non-hydrogen) atoms. The molecule has 12 nitrogen and oxygen atoms in total. The maximum Gasteiger partial charge on any atom is 0.472 e. The molecule has 3 heterocycles. The minimum absolute atomic E-state index is 0.330. The molecule has 0 aromatic rings. The Hall–Kier alpha value is 0.505. The zero-order chi connectivity index (χ0) is 19.3. The number of aliphatic hydroxyl groups excluding tert-OH is 4. The fourth-order valence-corrected chi connectivity index (χ4v) is 5.41. The van der Waals surface area contributed by atoms with Crippen molar-refractivity contribution in [3.63, 3.8) is 0 Å². The molecule has 0 radical (unpaired) electrons. The molecule has 5 N–H and O–H groups in total. The summed E-state index contributed by atoms with van der Waals surface area (Å²) in [6, 6.07) is 0. The fraction of sp³-hybridized carbons (Fsp3) is 1.00. The Morgan fingerprint density at radius 3 is 1.88 bits per heavy atom. The molecule has 3 aliphatic heterocycles. The molecule has 10 atom stereocenters. The van der Waals surface area contributed by atoms with E-state index in [0.717, 1.165) is 0 Å². The molecular weight excluding hydrogens is 417 g/mol. The second-order valence-corrected chi connectivity index (χ2v) is 11.5. The molecule has 0 spiro atoms. The average molecular weight is 436 g/mol. The normalized spacial score (nSPS) is 56.2. The van der Waals surface area contributed by atoms with Gasteiger partial charge in [0.05, 0.1) is 13.2 Å². The number of ether oxygens (including phenoxy) is 2. The summed E-state index contributed by atoms with van der Waals surface area (Å²) in [5, 5.41) is 39.1. The quantitative estimate of drug-likeness (QED) is 0.191. The summed E-state index contributed by atoms with van der Waals surface area (Å²) in [4.78, 5) is 9.85. The zero-order valence-corrected chi connectivity index (χ0v) is 16.0. The molecule has 10 unspecified atom stereocenters. The van der Waals surface area contributed by atoms with Crippen molar-refractivity contribution in [3.05, 3.63) is 0 Å². The number of rotatable bonds is 0. The molecule has 3 rings (SSSR count). The van der Waals surface area contributed by atoms with Gasteiger partial charge in [-0.2, -0.15) is 0 Å². The van der Waals surface area contributed by atoms with Crippen LogP contribution in [0.4, 0.5) is 0 Å². The highest BCUT2D eigenvalue weighted by Crippen LogP contribution is 2.51. The highest BCUT2D eigenvalue weighted by Gasteiger charge is 2.51. The van der Waals surface area contributed by atoms with Crippen LogP contribution in [0.2, 0.25) is 0 Å². The second-order valence-electron chi connectivity index (χ2n) is 6.08. The molecule has 0 saturated carbocycles. The molecule has 0 amide bonds. The van der Waals surface area contributed by atoms with Crippen LogP contribution in [0, 0.1) is 0 Å². The molecule has 3 fully saturated rings. The van der Waals surface area contributed by atoms with Crippen LogP contribution in [-0.4, -0.2) is 95.3 Å². The average Bonchev–Trinajstić information content (AvgIpc) is 2.95. The number of hydrogen-bond acceptors (Lipinski definition) is 12. The van der Waals surface area contributed by atoms with Crippen molar-refractivity contribution < 1.29 is 57.5 Å². The third kappa shape index (κ3) is 4.56. The molecule has 3 saturated heterocycles. The third-order valence-corrected chi connectivity index (χ3v) is 6.87. The molecule has 0 aliphatic carbocycles. The van der Waals surface area contributed by atoms with Gasteiger partial charge in [-0.15, -0.1) is 0 Å². The predicted octanol–water partition coefficient (Wildman–Crippen LogP) is -3.08. The Kier molecular flexibility index (Phi) is 6.31. The lowest BCUT2D eigenvalue weighted by molar-refractivity contribution is -0.133. The molecule has 150 valence electrons. The van der Waals surface area contributed by atoms with Gasteiger partial charge >= 0.3 is 7.82 Å². The van der Waals surface area contributed by atoms with Crippen molar-refractivity contribution in [3.8, 4) is 0 Å². The maximum absolute atomic E-state index is 12.1. The van der Waals surface area contributed by atoms with Crippen molar-refractivity contribution in [2.24, 2.45) is 0 Å². The van der Waals surface area contributed by atoms with Gasteiger partial charge in [0.15, 0.2) is 12.6 Å². The topological polar surface area (TPSA) is 174 Å². The minimum atomic E-state index is -4.72. The van der Waals surface area contributed by atoms with Crippen molar-refractivity contribution >= 4 is 33.6 Å². The first-order chi connectivity index (χ1) is 12.0. The summed E-state index contributed by atoms with van der Waals surface area (Å²) in [7, 11) is -3.26. The van der Waals surface area contributed by atoms with E-state index in [-0.39, 0.29) is 6.61 Å². The number of phosphoric ester groups is 1. The monoisotopic (exact) mass is 436 g/mol. The van der Waals surface area contributed by atoms with E-state index in [4.69, 9.17) is 39.4 Å². The summed E-state index contributed by atoms with van der Waals surface area (Å²) in [6.45, 7) is -0.914. The lowest BCUT2D eigenvalue weighted by Crippen LogP contribution is -2.39. The van der Waals surface area contributed by atoms with Crippen LogP contribution in [-0.2, 0) is 43.9 Å². The second kappa shape index (κ2) is 7.73. The first-order valence-corrected chi connectivity index (χ1v) is 12.2. The van der Waals surface area contributed by atoms with Gasteiger partial charge in [-0.1, -0.05) is 0 Å². The Labute approximate surface area is 154 Å². The largest absolute Gasteiger partial charge is 0.472 e. The van der Waals surface area contributed by atoms with Crippen molar-refractivity contribution in [2.45, 2.75) is 49.2 Å². The summed E-state index contributed by atoms with van der Waals surface area (Å²) in [5.41, 5.74) is 0. The highest BCUT2D eigenvalue weighted by molar-refractivity contribution is 8.21.